The van der Waals surface area contributed by atoms with Gasteiger partial charge in [-0.1, -0.05) is 0 Å². The highest BCUT2D eigenvalue weighted by Crippen LogP contribution is 2.37. The number of imidazole rings is 1. The highest BCUT2D eigenvalue weighted by atomic mass is 32.2. The molecule has 0 N–H and O–H groups in total. The molecule has 4 heterocycles. The van der Waals surface area contributed by atoms with Crippen LogP contribution >= 0.6 is 0 Å². The number of nitrogens with zero attached hydrogens (tertiary/aromatic N) is 3. The quantitative estimate of drug-likeness (QED) is 0.843. The molecule has 2 aromatic heterocycles. The van der Waals surface area contributed by atoms with Crippen molar-refractivity contribution in [2.45, 2.75) is 30.6 Å². The van der Waals surface area contributed by atoms with E-state index in [-0.39, 0.29) is 11.8 Å². The number of hydrogen-bond acceptors (Lipinski definition) is 5. The molecular weight excluding hydrogens is 290 g/mol. The molecule has 0 radical (unpaired) electrons. The van der Waals surface area contributed by atoms with Crippen molar-refractivity contribution in [2.75, 3.05) is 19.0 Å². The van der Waals surface area contributed by atoms with Crippen molar-refractivity contribution in [1.29, 1.82) is 0 Å². The molecular formula is C14H17N3O3S. The smallest absolute Gasteiger partial charge is 0.160 e. The van der Waals surface area contributed by atoms with Crippen molar-refractivity contribution < 1.29 is 13.2 Å². The minimum atomic E-state index is -3.09. The maximum Gasteiger partial charge on any atom is 0.160 e. The summed E-state index contributed by atoms with van der Waals surface area (Å²) in [5.74, 6) is 0.909. The number of aromatic nitrogens is 3. The van der Waals surface area contributed by atoms with Gasteiger partial charge in [0.05, 0.1) is 18.4 Å². The lowest BCUT2D eigenvalue weighted by Gasteiger charge is -2.17. The van der Waals surface area contributed by atoms with Gasteiger partial charge in [-0.25, -0.2) is 18.4 Å². The van der Waals surface area contributed by atoms with Crippen LogP contribution in [0.3, 0.4) is 0 Å². The van der Waals surface area contributed by atoms with E-state index in [9.17, 15) is 8.42 Å². The number of ether oxygens (including phenoxy) is 1. The van der Waals surface area contributed by atoms with Gasteiger partial charge in [0, 0.05) is 12.8 Å². The maximum atomic E-state index is 12.3. The fourth-order valence-electron chi connectivity index (χ4n) is 3.34. The van der Waals surface area contributed by atoms with Crippen molar-refractivity contribution in [2.24, 2.45) is 0 Å². The van der Waals surface area contributed by atoms with E-state index in [1.807, 2.05) is 16.7 Å². The molecule has 2 unspecified atom stereocenters. The molecule has 112 valence electrons. The molecule has 2 atom stereocenters. The predicted octanol–water partition coefficient (Wildman–Crippen LogP) is 1.64. The Morgan fingerprint density at radius 2 is 2.24 bits per heavy atom. The first kappa shape index (κ1) is 13.2. The standard InChI is InChI=1S/C14H17N3O3S/c18-21(19)8-2-4-12(21)14-16-11-3-1-6-15-13(11)17(14)10-5-7-20-9-10/h1,3,6,10,12H,2,4-5,7-9H2. The van der Waals surface area contributed by atoms with Gasteiger partial charge in [-0.05, 0) is 31.4 Å². The van der Waals surface area contributed by atoms with Gasteiger partial charge in [0.2, 0.25) is 0 Å². The van der Waals surface area contributed by atoms with E-state index in [0.29, 0.717) is 31.9 Å². The maximum absolute atomic E-state index is 12.3. The first-order chi connectivity index (χ1) is 10.2. The number of rotatable bonds is 2. The van der Waals surface area contributed by atoms with Crippen molar-refractivity contribution in [3.05, 3.63) is 24.2 Å². The van der Waals surface area contributed by atoms with Crippen LogP contribution in [-0.2, 0) is 14.6 Å². The van der Waals surface area contributed by atoms with Crippen LogP contribution in [-0.4, -0.2) is 41.9 Å². The molecule has 0 aromatic carbocycles. The summed E-state index contributed by atoms with van der Waals surface area (Å²) in [6.07, 6.45) is 3.97. The summed E-state index contributed by atoms with van der Waals surface area (Å²) in [5.41, 5.74) is 1.53. The van der Waals surface area contributed by atoms with Crippen molar-refractivity contribution in [1.82, 2.24) is 14.5 Å². The highest BCUT2D eigenvalue weighted by molar-refractivity contribution is 7.91. The van der Waals surface area contributed by atoms with E-state index in [1.54, 1.807) is 6.20 Å². The fourth-order valence-corrected chi connectivity index (χ4v) is 5.21. The third-order valence-corrected chi connectivity index (χ3v) is 6.53. The minimum Gasteiger partial charge on any atom is -0.379 e. The molecule has 0 amide bonds. The molecule has 2 fully saturated rings. The average Bonchev–Trinajstić information content (AvgIpc) is 3.14. The lowest BCUT2D eigenvalue weighted by atomic mass is 10.2. The first-order valence-corrected chi connectivity index (χ1v) is 9.00. The summed E-state index contributed by atoms with van der Waals surface area (Å²) >= 11 is 0. The van der Waals surface area contributed by atoms with E-state index >= 15 is 0 Å². The first-order valence-electron chi connectivity index (χ1n) is 7.29. The molecule has 21 heavy (non-hydrogen) atoms. The summed E-state index contributed by atoms with van der Waals surface area (Å²) < 4.78 is 32.1. The van der Waals surface area contributed by atoms with Gasteiger partial charge in [-0.3, -0.25) is 0 Å². The number of fused-ring (bicyclic) bond motifs is 1. The Balaban J connectivity index is 1.93. The van der Waals surface area contributed by atoms with Gasteiger partial charge in [0.1, 0.15) is 16.6 Å². The van der Waals surface area contributed by atoms with Gasteiger partial charge < -0.3 is 9.30 Å². The monoisotopic (exact) mass is 307 g/mol. The molecule has 4 rings (SSSR count). The van der Waals surface area contributed by atoms with Crippen LogP contribution < -0.4 is 0 Å². The molecule has 2 aromatic rings. The fraction of sp³-hybridized carbons (Fsp3) is 0.571. The van der Waals surface area contributed by atoms with Crippen molar-refractivity contribution >= 4 is 21.0 Å². The van der Waals surface area contributed by atoms with Gasteiger partial charge >= 0.3 is 0 Å². The predicted molar refractivity (Wildman–Crippen MR) is 77.8 cm³/mol. The van der Waals surface area contributed by atoms with E-state index in [1.165, 1.54) is 0 Å². The lowest BCUT2D eigenvalue weighted by Crippen LogP contribution is -2.18. The van der Waals surface area contributed by atoms with E-state index in [4.69, 9.17) is 4.74 Å². The van der Waals surface area contributed by atoms with Crippen LogP contribution in [0, 0.1) is 0 Å². The van der Waals surface area contributed by atoms with Crippen LogP contribution in [0.25, 0.3) is 11.2 Å². The largest absolute Gasteiger partial charge is 0.379 e. The average molecular weight is 307 g/mol. The summed E-state index contributed by atoms with van der Waals surface area (Å²) in [6.45, 7) is 1.30. The van der Waals surface area contributed by atoms with Crippen molar-refractivity contribution in [3.8, 4) is 0 Å². The van der Waals surface area contributed by atoms with E-state index in [2.05, 4.69) is 9.97 Å². The Bertz CT molecular complexity index is 778. The van der Waals surface area contributed by atoms with Crippen LogP contribution in [0.15, 0.2) is 18.3 Å². The van der Waals surface area contributed by atoms with Crippen LogP contribution in [0.2, 0.25) is 0 Å². The third kappa shape index (κ3) is 2.06. The van der Waals surface area contributed by atoms with Gasteiger partial charge in [0.25, 0.3) is 0 Å². The number of pyridine rings is 1. The SMILES string of the molecule is O=S1(=O)CCCC1c1nc2cccnc2n1C1CCOC1. The molecule has 0 bridgehead atoms. The van der Waals surface area contributed by atoms with Crippen LogP contribution in [0.4, 0.5) is 0 Å². The summed E-state index contributed by atoms with van der Waals surface area (Å²) in [4.78, 5) is 9.02. The molecule has 7 heteroatoms. The van der Waals surface area contributed by atoms with Gasteiger partial charge in [0.15, 0.2) is 15.5 Å². The Morgan fingerprint density at radius 3 is 2.95 bits per heavy atom. The summed E-state index contributed by atoms with van der Waals surface area (Å²) in [7, 11) is -3.09. The lowest BCUT2D eigenvalue weighted by molar-refractivity contribution is 0.186. The Labute approximate surface area is 123 Å². The van der Waals surface area contributed by atoms with Gasteiger partial charge in [-0.2, -0.15) is 0 Å². The zero-order valence-corrected chi connectivity index (χ0v) is 12.4. The molecule has 0 spiro atoms. The zero-order chi connectivity index (χ0) is 14.4. The molecule has 0 saturated carbocycles. The zero-order valence-electron chi connectivity index (χ0n) is 11.6. The summed E-state index contributed by atoms with van der Waals surface area (Å²) in [6, 6.07) is 3.85. The topological polar surface area (TPSA) is 74.1 Å². The van der Waals surface area contributed by atoms with Crippen LogP contribution in [0.1, 0.15) is 36.4 Å². The summed E-state index contributed by atoms with van der Waals surface area (Å²) in [5, 5.41) is -0.493. The molecule has 2 aliphatic heterocycles. The van der Waals surface area contributed by atoms with E-state index < -0.39 is 15.1 Å². The second-order valence-corrected chi connectivity index (χ2v) is 8.00. The molecule has 6 nitrogen and oxygen atoms in total. The Morgan fingerprint density at radius 1 is 1.33 bits per heavy atom. The Hall–Kier alpha value is -1.47. The molecule has 2 aliphatic rings. The Kier molecular flexibility index (Phi) is 3.00. The third-order valence-electron chi connectivity index (χ3n) is 4.36. The number of sulfone groups is 1. The highest BCUT2D eigenvalue weighted by Gasteiger charge is 2.38. The van der Waals surface area contributed by atoms with Crippen molar-refractivity contribution in [3.63, 3.8) is 0 Å². The van der Waals surface area contributed by atoms with Gasteiger partial charge in [-0.15, -0.1) is 0 Å². The second kappa shape index (κ2) is 4.78. The minimum absolute atomic E-state index is 0.135. The van der Waals surface area contributed by atoms with Crippen LogP contribution in [0.5, 0.6) is 0 Å². The normalized spacial score (nSPS) is 28.4. The molecule has 0 aliphatic carbocycles. The van der Waals surface area contributed by atoms with E-state index in [0.717, 1.165) is 17.6 Å². The number of hydrogen-bond donors (Lipinski definition) is 0. The second-order valence-electron chi connectivity index (χ2n) is 5.70. The molecule has 2 saturated heterocycles.